The van der Waals surface area contributed by atoms with Gasteiger partial charge >= 0.3 is 0 Å². The van der Waals surface area contributed by atoms with Crippen LogP contribution in [0.4, 0.5) is 14.5 Å². The highest BCUT2D eigenvalue weighted by Crippen LogP contribution is 2.52. The Kier molecular flexibility index (Phi) is 4.72. The van der Waals surface area contributed by atoms with E-state index in [1.165, 1.54) is 24.3 Å². The van der Waals surface area contributed by atoms with Gasteiger partial charge in [0.25, 0.3) is 0 Å². The average Bonchev–Trinajstić information content (AvgIpc) is 3.11. The SMILES string of the molecule is NC(=O)c1cccc(F)c1-c1c(Cl)c(F)cc2c1CC1(c3ccccc3)CNCCN21. The standard InChI is InChI=1S/C24H20ClF2N3O/c25-22-18(27)11-19-16(21(22)20-15(23(28)31)7-4-8-17(20)26)12-24(13-29-9-10-30(19)24)14-5-2-1-3-6-14/h1-8,11,29H,9-10,12-13H2,(H2,28,31). The van der Waals surface area contributed by atoms with Crippen LogP contribution in [0.2, 0.25) is 5.02 Å². The van der Waals surface area contributed by atoms with E-state index in [4.69, 9.17) is 17.3 Å². The molecule has 158 valence electrons. The Morgan fingerprint density at radius 1 is 1.06 bits per heavy atom. The van der Waals surface area contributed by atoms with Gasteiger partial charge in [-0.2, -0.15) is 0 Å². The topological polar surface area (TPSA) is 58.4 Å². The first-order valence-electron chi connectivity index (χ1n) is 10.1. The lowest BCUT2D eigenvalue weighted by atomic mass is 9.83. The van der Waals surface area contributed by atoms with Gasteiger partial charge in [0.05, 0.1) is 10.6 Å². The normalized spacial score (nSPS) is 19.8. The Hall–Kier alpha value is -2.96. The highest BCUT2D eigenvalue weighted by Gasteiger charge is 2.48. The molecule has 1 amide bonds. The Morgan fingerprint density at radius 2 is 1.84 bits per heavy atom. The second kappa shape index (κ2) is 7.32. The van der Waals surface area contributed by atoms with Gasteiger partial charge in [-0.05, 0) is 29.3 Å². The number of amides is 1. The number of hydrogen-bond acceptors (Lipinski definition) is 3. The fourth-order valence-electron chi connectivity index (χ4n) is 5.02. The number of hydrogen-bond donors (Lipinski definition) is 2. The van der Waals surface area contributed by atoms with Crippen LogP contribution in [0, 0.1) is 11.6 Å². The number of halogens is 3. The zero-order chi connectivity index (χ0) is 21.8. The number of anilines is 1. The number of nitrogens with two attached hydrogens (primary N) is 1. The number of fused-ring (bicyclic) bond motifs is 3. The highest BCUT2D eigenvalue weighted by molar-refractivity contribution is 6.34. The summed E-state index contributed by atoms with van der Waals surface area (Å²) in [5.41, 5.74) is 7.65. The molecule has 4 nitrogen and oxygen atoms in total. The molecular formula is C24H20ClF2N3O. The summed E-state index contributed by atoms with van der Waals surface area (Å²) in [5, 5.41) is 3.24. The quantitative estimate of drug-likeness (QED) is 0.641. The lowest BCUT2D eigenvalue weighted by molar-refractivity contribution is 0.100. The van der Waals surface area contributed by atoms with Crippen molar-refractivity contribution in [2.75, 3.05) is 24.5 Å². The first-order chi connectivity index (χ1) is 14.9. The van der Waals surface area contributed by atoms with Gasteiger partial charge in [0.15, 0.2) is 0 Å². The zero-order valence-electron chi connectivity index (χ0n) is 16.6. The fraction of sp³-hybridized carbons (Fsp3) is 0.208. The van der Waals surface area contributed by atoms with Crippen LogP contribution in [0.25, 0.3) is 11.1 Å². The van der Waals surface area contributed by atoms with Crippen molar-refractivity contribution in [2.24, 2.45) is 5.73 Å². The van der Waals surface area contributed by atoms with E-state index < -0.39 is 23.1 Å². The van der Waals surface area contributed by atoms with Crippen LogP contribution in [0.1, 0.15) is 21.5 Å². The molecule has 0 radical (unpaired) electrons. The lowest BCUT2D eigenvalue weighted by Crippen LogP contribution is -2.57. The molecule has 0 saturated carbocycles. The largest absolute Gasteiger partial charge is 0.366 e. The number of carbonyl (C=O) groups is 1. The molecular weight excluding hydrogens is 420 g/mol. The van der Waals surface area contributed by atoms with Gasteiger partial charge in [0.1, 0.15) is 11.6 Å². The second-order valence-corrected chi connectivity index (χ2v) is 8.35. The van der Waals surface area contributed by atoms with Crippen molar-refractivity contribution >= 4 is 23.2 Å². The van der Waals surface area contributed by atoms with Crippen molar-refractivity contribution in [1.82, 2.24) is 5.32 Å². The summed E-state index contributed by atoms with van der Waals surface area (Å²) >= 11 is 6.42. The molecule has 0 aliphatic carbocycles. The van der Waals surface area contributed by atoms with Gasteiger partial charge in [-0.25, -0.2) is 8.78 Å². The summed E-state index contributed by atoms with van der Waals surface area (Å²) < 4.78 is 30.1. The third-order valence-corrected chi connectivity index (χ3v) is 6.72. The van der Waals surface area contributed by atoms with Gasteiger partial charge < -0.3 is 16.0 Å². The van der Waals surface area contributed by atoms with Crippen LogP contribution in [0.15, 0.2) is 54.6 Å². The van der Waals surface area contributed by atoms with E-state index >= 15 is 8.78 Å². The minimum atomic E-state index is -0.793. The molecule has 2 heterocycles. The second-order valence-electron chi connectivity index (χ2n) is 7.97. The molecule has 7 heteroatoms. The molecule has 3 N–H and O–H groups in total. The number of piperazine rings is 1. The maximum atomic E-state index is 15.1. The molecule has 2 aliphatic rings. The Morgan fingerprint density at radius 3 is 2.58 bits per heavy atom. The van der Waals surface area contributed by atoms with E-state index in [1.54, 1.807) is 0 Å². The number of primary amides is 1. The third kappa shape index (κ3) is 2.93. The summed E-state index contributed by atoms with van der Waals surface area (Å²) in [5.74, 6) is -2.11. The Balaban J connectivity index is 1.81. The van der Waals surface area contributed by atoms with Gasteiger partial charge in [-0.3, -0.25) is 4.79 Å². The highest BCUT2D eigenvalue weighted by atomic mass is 35.5. The number of nitrogens with one attached hydrogen (secondary N) is 1. The van der Waals surface area contributed by atoms with Crippen molar-refractivity contribution in [3.63, 3.8) is 0 Å². The van der Waals surface area contributed by atoms with Crippen molar-refractivity contribution in [2.45, 2.75) is 12.0 Å². The van der Waals surface area contributed by atoms with E-state index in [1.807, 2.05) is 30.3 Å². The predicted octanol–water partition coefficient (Wildman–Crippen LogP) is 4.25. The zero-order valence-corrected chi connectivity index (χ0v) is 17.3. The van der Waals surface area contributed by atoms with Gasteiger partial charge in [0, 0.05) is 48.4 Å². The van der Waals surface area contributed by atoms with Crippen molar-refractivity contribution < 1.29 is 13.6 Å². The molecule has 1 saturated heterocycles. The van der Waals surface area contributed by atoms with E-state index in [2.05, 4.69) is 10.2 Å². The minimum absolute atomic E-state index is 0.0218. The smallest absolute Gasteiger partial charge is 0.249 e. The molecule has 1 fully saturated rings. The van der Waals surface area contributed by atoms with Crippen LogP contribution in [0.5, 0.6) is 0 Å². The molecule has 0 aromatic heterocycles. The van der Waals surface area contributed by atoms with E-state index in [0.717, 1.165) is 12.1 Å². The van der Waals surface area contributed by atoms with Crippen LogP contribution < -0.4 is 16.0 Å². The van der Waals surface area contributed by atoms with Crippen LogP contribution >= 0.6 is 11.6 Å². The summed E-state index contributed by atoms with van der Waals surface area (Å²) in [6.07, 6.45) is 0.487. The third-order valence-electron chi connectivity index (χ3n) is 6.35. The van der Waals surface area contributed by atoms with E-state index in [-0.39, 0.29) is 21.7 Å². The van der Waals surface area contributed by atoms with Crippen LogP contribution in [0.3, 0.4) is 0 Å². The fourth-order valence-corrected chi connectivity index (χ4v) is 5.28. The Labute approximate surface area is 183 Å². The van der Waals surface area contributed by atoms with Gasteiger partial charge in [-0.1, -0.05) is 48.0 Å². The minimum Gasteiger partial charge on any atom is -0.366 e. The monoisotopic (exact) mass is 439 g/mol. The van der Waals surface area contributed by atoms with Crippen LogP contribution in [-0.2, 0) is 12.0 Å². The summed E-state index contributed by atoms with van der Waals surface area (Å²) in [4.78, 5) is 14.2. The molecule has 0 spiro atoms. The maximum absolute atomic E-state index is 15.1. The van der Waals surface area contributed by atoms with E-state index in [9.17, 15) is 4.79 Å². The average molecular weight is 440 g/mol. The number of nitrogens with zero attached hydrogens (tertiary/aromatic N) is 1. The number of carbonyl (C=O) groups excluding carboxylic acids is 1. The molecule has 0 bridgehead atoms. The van der Waals surface area contributed by atoms with Crippen LogP contribution in [-0.4, -0.2) is 25.5 Å². The molecule has 31 heavy (non-hydrogen) atoms. The summed E-state index contributed by atoms with van der Waals surface area (Å²) in [6, 6.07) is 15.5. The molecule has 3 aromatic rings. The summed E-state index contributed by atoms with van der Waals surface area (Å²) in [6.45, 7) is 2.03. The predicted molar refractivity (Wildman–Crippen MR) is 117 cm³/mol. The first kappa shape index (κ1) is 20.0. The van der Waals surface area contributed by atoms with Crippen molar-refractivity contribution in [1.29, 1.82) is 0 Å². The molecule has 1 atom stereocenters. The molecule has 5 rings (SSSR count). The van der Waals surface area contributed by atoms with Gasteiger partial charge in [-0.15, -0.1) is 0 Å². The molecule has 2 aliphatic heterocycles. The molecule has 1 unspecified atom stereocenters. The van der Waals surface area contributed by atoms with Crippen molar-refractivity contribution in [3.05, 3.63) is 87.9 Å². The number of rotatable bonds is 3. The first-order valence-corrected chi connectivity index (χ1v) is 10.5. The molecule has 3 aromatic carbocycles. The summed E-state index contributed by atoms with van der Waals surface area (Å²) in [7, 11) is 0. The van der Waals surface area contributed by atoms with Crippen molar-refractivity contribution in [3.8, 4) is 11.1 Å². The van der Waals surface area contributed by atoms with E-state index in [0.29, 0.717) is 30.8 Å². The Bertz CT molecular complexity index is 1200. The lowest BCUT2D eigenvalue weighted by Gasteiger charge is -2.45. The maximum Gasteiger partial charge on any atom is 0.249 e. The number of benzene rings is 3. The van der Waals surface area contributed by atoms with Gasteiger partial charge in [0.2, 0.25) is 5.91 Å².